The highest BCUT2D eigenvalue weighted by atomic mass is 16.5. The molecule has 1 N–H and O–H groups in total. The van der Waals surface area contributed by atoms with E-state index in [0.717, 1.165) is 0 Å². The standard InChI is InChI=1S/C22H24N2O4/c1-5-27-19-11-9-18(10-12-19)24-22(25)17(14-23)13-16-7-6-8-20(26-4)21(16)28-15(2)3/h6-13,15H,5H2,1-4H3,(H,24,25)/b17-13+. The number of hydrogen-bond acceptors (Lipinski definition) is 5. The van der Waals surface area contributed by atoms with Crippen LogP contribution >= 0.6 is 0 Å². The van der Waals surface area contributed by atoms with Gasteiger partial charge in [-0.15, -0.1) is 0 Å². The largest absolute Gasteiger partial charge is 0.494 e. The second kappa shape index (κ2) is 10.0. The Hall–Kier alpha value is -3.46. The number of amides is 1. The number of carbonyl (C=O) groups is 1. The summed E-state index contributed by atoms with van der Waals surface area (Å²) in [6, 6.07) is 14.2. The lowest BCUT2D eigenvalue weighted by Crippen LogP contribution is -2.13. The molecule has 0 saturated carbocycles. The van der Waals surface area contributed by atoms with Crippen LogP contribution in [-0.4, -0.2) is 25.7 Å². The predicted octanol–water partition coefficient (Wildman–Crippen LogP) is 4.43. The number of ether oxygens (including phenoxy) is 3. The Morgan fingerprint density at radius 1 is 1.21 bits per heavy atom. The number of nitrogens with one attached hydrogen (secondary N) is 1. The van der Waals surface area contributed by atoms with Crippen LogP contribution in [0.4, 0.5) is 5.69 Å². The van der Waals surface area contributed by atoms with E-state index in [1.54, 1.807) is 49.6 Å². The fourth-order valence-corrected chi connectivity index (χ4v) is 2.47. The van der Waals surface area contributed by atoms with Gasteiger partial charge in [-0.3, -0.25) is 4.79 Å². The van der Waals surface area contributed by atoms with E-state index in [9.17, 15) is 10.1 Å². The second-order valence-electron chi connectivity index (χ2n) is 6.13. The molecule has 0 radical (unpaired) electrons. The summed E-state index contributed by atoms with van der Waals surface area (Å²) in [5.74, 6) is 1.22. The fourth-order valence-electron chi connectivity index (χ4n) is 2.47. The maximum Gasteiger partial charge on any atom is 0.266 e. The van der Waals surface area contributed by atoms with Crippen LogP contribution in [0, 0.1) is 11.3 Å². The smallest absolute Gasteiger partial charge is 0.266 e. The number of nitriles is 1. The van der Waals surface area contributed by atoms with E-state index in [1.165, 1.54) is 6.08 Å². The molecule has 0 aliphatic rings. The molecule has 0 aliphatic heterocycles. The third-order valence-corrected chi connectivity index (χ3v) is 3.67. The zero-order valence-electron chi connectivity index (χ0n) is 16.5. The van der Waals surface area contributed by atoms with Crippen LogP contribution in [0.15, 0.2) is 48.0 Å². The van der Waals surface area contributed by atoms with Crippen molar-refractivity contribution in [2.45, 2.75) is 26.9 Å². The fraction of sp³-hybridized carbons (Fsp3) is 0.273. The van der Waals surface area contributed by atoms with Gasteiger partial charge in [-0.2, -0.15) is 5.26 Å². The highest BCUT2D eigenvalue weighted by molar-refractivity contribution is 6.09. The van der Waals surface area contributed by atoms with Crippen molar-refractivity contribution in [3.05, 3.63) is 53.6 Å². The lowest BCUT2D eigenvalue weighted by atomic mass is 10.1. The molecule has 0 fully saturated rings. The zero-order chi connectivity index (χ0) is 20.5. The van der Waals surface area contributed by atoms with Gasteiger partial charge in [0.05, 0.1) is 19.8 Å². The molecule has 2 aromatic rings. The summed E-state index contributed by atoms with van der Waals surface area (Å²) >= 11 is 0. The lowest BCUT2D eigenvalue weighted by molar-refractivity contribution is -0.112. The van der Waals surface area contributed by atoms with Crippen LogP contribution < -0.4 is 19.5 Å². The van der Waals surface area contributed by atoms with E-state index < -0.39 is 5.91 Å². The summed E-state index contributed by atoms with van der Waals surface area (Å²) in [5, 5.41) is 12.2. The average molecular weight is 380 g/mol. The second-order valence-corrected chi connectivity index (χ2v) is 6.13. The molecule has 28 heavy (non-hydrogen) atoms. The van der Waals surface area contributed by atoms with E-state index in [-0.39, 0.29) is 11.7 Å². The van der Waals surface area contributed by atoms with E-state index in [4.69, 9.17) is 14.2 Å². The summed E-state index contributed by atoms with van der Waals surface area (Å²) in [6.45, 7) is 6.25. The highest BCUT2D eigenvalue weighted by Crippen LogP contribution is 2.33. The van der Waals surface area contributed by atoms with Crippen LogP contribution in [0.25, 0.3) is 6.08 Å². The molecule has 0 heterocycles. The van der Waals surface area contributed by atoms with Crippen LogP contribution in [-0.2, 0) is 4.79 Å². The number of methoxy groups -OCH3 is 1. The lowest BCUT2D eigenvalue weighted by Gasteiger charge is -2.16. The molecular weight excluding hydrogens is 356 g/mol. The third-order valence-electron chi connectivity index (χ3n) is 3.67. The van der Waals surface area contributed by atoms with Gasteiger partial charge < -0.3 is 19.5 Å². The molecule has 6 heteroatoms. The first-order valence-electron chi connectivity index (χ1n) is 8.98. The van der Waals surface area contributed by atoms with Crippen molar-refractivity contribution in [2.75, 3.05) is 19.0 Å². The van der Waals surface area contributed by atoms with Gasteiger partial charge in [-0.25, -0.2) is 0 Å². The summed E-state index contributed by atoms with van der Waals surface area (Å²) in [4.78, 5) is 12.5. The van der Waals surface area contributed by atoms with E-state index >= 15 is 0 Å². The van der Waals surface area contributed by atoms with Gasteiger partial charge in [0.25, 0.3) is 5.91 Å². The van der Waals surface area contributed by atoms with Gasteiger partial charge in [0.1, 0.15) is 17.4 Å². The molecule has 2 aromatic carbocycles. The number of hydrogen-bond donors (Lipinski definition) is 1. The van der Waals surface area contributed by atoms with Crippen molar-refractivity contribution in [1.82, 2.24) is 0 Å². The molecule has 0 atom stereocenters. The van der Waals surface area contributed by atoms with Gasteiger partial charge in [0.2, 0.25) is 0 Å². The molecule has 0 unspecified atom stereocenters. The summed E-state index contributed by atoms with van der Waals surface area (Å²) < 4.78 is 16.5. The Bertz CT molecular complexity index is 880. The quantitative estimate of drug-likeness (QED) is 0.541. The first-order valence-corrected chi connectivity index (χ1v) is 8.98. The SMILES string of the molecule is CCOc1ccc(NC(=O)/C(C#N)=C/c2cccc(OC)c2OC(C)C)cc1. The number of nitrogens with zero attached hydrogens (tertiary/aromatic N) is 1. The minimum absolute atomic E-state index is 0.0456. The monoisotopic (exact) mass is 380 g/mol. The first-order chi connectivity index (χ1) is 13.5. The Balaban J connectivity index is 2.28. The molecule has 1 amide bonds. The number of benzene rings is 2. The number of carbonyl (C=O) groups excluding carboxylic acids is 1. The molecule has 146 valence electrons. The van der Waals surface area contributed by atoms with E-state index in [1.807, 2.05) is 26.8 Å². The van der Waals surface area contributed by atoms with Crippen molar-refractivity contribution >= 4 is 17.7 Å². The van der Waals surface area contributed by atoms with Crippen LogP contribution in [0.3, 0.4) is 0 Å². The van der Waals surface area contributed by atoms with Gasteiger partial charge >= 0.3 is 0 Å². The molecule has 6 nitrogen and oxygen atoms in total. The van der Waals surface area contributed by atoms with Crippen molar-refractivity contribution in [2.24, 2.45) is 0 Å². The summed E-state index contributed by atoms with van der Waals surface area (Å²) in [7, 11) is 1.54. The number of rotatable bonds is 8. The van der Waals surface area contributed by atoms with Crippen LogP contribution in [0.5, 0.6) is 17.2 Å². The summed E-state index contributed by atoms with van der Waals surface area (Å²) in [6.07, 6.45) is 1.40. The predicted molar refractivity (Wildman–Crippen MR) is 109 cm³/mol. The Morgan fingerprint density at radius 2 is 1.93 bits per heavy atom. The highest BCUT2D eigenvalue weighted by Gasteiger charge is 2.15. The van der Waals surface area contributed by atoms with Crippen molar-refractivity contribution in [3.8, 4) is 23.3 Å². The molecule has 0 aromatic heterocycles. The topological polar surface area (TPSA) is 80.6 Å². The minimum Gasteiger partial charge on any atom is -0.494 e. The maximum atomic E-state index is 12.5. The number of para-hydroxylation sites is 1. The molecule has 0 aliphatic carbocycles. The molecule has 0 spiro atoms. The summed E-state index contributed by atoms with van der Waals surface area (Å²) in [5.41, 5.74) is 1.11. The molecule has 2 rings (SSSR count). The van der Waals surface area contributed by atoms with Gasteiger partial charge in [-0.1, -0.05) is 12.1 Å². The Morgan fingerprint density at radius 3 is 2.50 bits per heavy atom. The van der Waals surface area contributed by atoms with E-state index in [2.05, 4.69) is 5.32 Å². The Labute approximate surface area is 165 Å². The van der Waals surface area contributed by atoms with Crippen molar-refractivity contribution < 1.29 is 19.0 Å². The third kappa shape index (κ3) is 5.52. The minimum atomic E-state index is -0.509. The van der Waals surface area contributed by atoms with Gasteiger partial charge in [0.15, 0.2) is 11.5 Å². The van der Waals surface area contributed by atoms with Crippen LogP contribution in [0.1, 0.15) is 26.3 Å². The van der Waals surface area contributed by atoms with Crippen LogP contribution in [0.2, 0.25) is 0 Å². The van der Waals surface area contributed by atoms with E-state index in [0.29, 0.717) is 35.1 Å². The first kappa shape index (κ1) is 20.8. The molecule has 0 bridgehead atoms. The van der Waals surface area contributed by atoms with Gasteiger partial charge in [0, 0.05) is 11.3 Å². The molecular formula is C22H24N2O4. The zero-order valence-corrected chi connectivity index (χ0v) is 16.5. The van der Waals surface area contributed by atoms with Crippen molar-refractivity contribution in [3.63, 3.8) is 0 Å². The maximum absolute atomic E-state index is 12.5. The molecule has 0 saturated heterocycles. The van der Waals surface area contributed by atoms with Gasteiger partial charge in [-0.05, 0) is 57.2 Å². The van der Waals surface area contributed by atoms with Crippen molar-refractivity contribution in [1.29, 1.82) is 5.26 Å². The number of anilines is 1. The Kier molecular flexibility index (Phi) is 7.46. The average Bonchev–Trinajstić information content (AvgIpc) is 2.68. The normalized spacial score (nSPS) is 10.9.